The van der Waals surface area contributed by atoms with Crippen LogP contribution in [0.15, 0.2) is 42.5 Å². The molecule has 3 rings (SSSR count). The number of phenols is 1. The summed E-state index contributed by atoms with van der Waals surface area (Å²) in [5.41, 5.74) is 3.46. The molecule has 1 unspecified atom stereocenters. The molecule has 1 aliphatic rings. The molecule has 1 saturated heterocycles. The van der Waals surface area contributed by atoms with Crippen molar-refractivity contribution in [1.29, 1.82) is 0 Å². The van der Waals surface area contributed by atoms with Gasteiger partial charge in [-0.05, 0) is 61.4 Å². The highest BCUT2D eigenvalue weighted by molar-refractivity contribution is 6.23. The molecule has 1 aliphatic heterocycles. The lowest BCUT2D eigenvalue weighted by Gasteiger charge is -2.17. The summed E-state index contributed by atoms with van der Waals surface area (Å²) in [6, 6.07) is 11.4. The zero-order chi connectivity index (χ0) is 16.6. The number of nitrogens with one attached hydrogen (secondary N) is 1. The van der Waals surface area contributed by atoms with Gasteiger partial charge < -0.3 is 10.4 Å². The number of aryl methyl sites for hydroxylation is 2. The molecule has 1 atom stereocenters. The number of amides is 2. The van der Waals surface area contributed by atoms with Crippen LogP contribution in [-0.2, 0) is 9.59 Å². The number of hydrogen-bond donors (Lipinski definition) is 2. The molecule has 2 aromatic rings. The Kier molecular flexibility index (Phi) is 3.78. The van der Waals surface area contributed by atoms with Gasteiger partial charge in [0.1, 0.15) is 11.8 Å². The molecule has 0 bridgehead atoms. The number of nitrogens with zero attached hydrogens (tertiary/aromatic N) is 1. The van der Waals surface area contributed by atoms with Crippen molar-refractivity contribution in [2.24, 2.45) is 0 Å². The third-order valence-electron chi connectivity index (χ3n) is 4.10. The van der Waals surface area contributed by atoms with Gasteiger partial charge in [0.2, 0.25) is 5.91 Å². The number of carbonyl (C=O) groups is 2. The van der Waals surface area contributed by atoms with Crippen molar-refractivity contribution in [3.63, 3.8) is 0 Å². The van der Waals surface area contributed by atoms with E-state index >= 15 is 0 Å². The van der Waals surface area contributed by atoms with E-state index in [4.69, 9.17) is 0 Å². The second kappa shape index (κ2) is 5.76. The van der Waals surface area contributed by atoms with E-state index < -0.39 is 6.04 Å². The molecule has 0 radical (unpaired) electrons. The summed E-state index contributed by atoms with van der Waals surface area (Å²) < 4.78 is 0. The van der Waals surface area contributed by atoms with Crippen LogP contribution in [0.5, 0.6) is 5.75 Å². The fraction of sp³-hybridized carbons (Fsp3) is 0.222. The summed E-state index contributed by atoms with van der Waals surface area (Å²) in [6.07, 6.45) is 0.118. The van der Waals surface area contributed by atoms with E-state index in [0.717, 1.165) is 11.1 Å². The predicted octanol–water partition coefficient (Wildman–Crippen LogP) is 2.75. The van der Waals surface area contributed by atoms with E-state index in [0.29, 0.717) is 11.4 Å². The lowest BCUT2D eigenvalue weighted by molar-refractivity contribution is -0.121. The highest BCUT2D eigenvalue weighted by atomic mass is 16.3. The molecule has 0 spiro atoms. The van der Waals surface area contributed by atoms with Crippen LogP contribution in [0.1, 0.15) is 17.5 Å². The minimum atomic E-state index is -0.589. The second-order valence-corrected chi connectivity index (χ2v) is 5.78. The Morgan fingerprint density at radius 3 is 2.39 bits per heavy atom. The number of rotatable bonds is 3. The first-order valence-corrected chi connectivity index (χ1v) is 7.45. The molecule has 0 aromatic heterocycles. The number of phenolic OH excluding ortho intramolecular Hbond substituents is 1. The molecule has 0 saturated carbocycles. The summed E-state index contributed by atoms with van der Waals surface area (Å²) in [5, 5.41) is 12.3. The number of anilines is 2. The Morgan fingerprint density at radius 2 is 1.74 bits per heavy atom. The normalized spacial score (nSPS) is 17.7. The average Bonchev–Trinajstić information content (AvgIpc) is 2.79. The van der Waals surface area contributed by atoms with E-state index in [-0.39, 0.29) is 24.0 Å². The molecule has 118 valence electrons. The monoisotopic (exact) mass is 310 g/mol. The summed E-state index contributed by atoms with van der Waals surface area (Å²) in [4.78, 5) is 26.1. The number of benzene rings is 2. The molecule has 2 aromatic carbocycles. The second-order valence-electron chi connectivity index (χ2n) is 5.78. The van der Waals surface area contributed by atoms with E-state index in [2.05, 4.69) is 5.32 Å². The lowest BCUT2D eigenvalue weighted by atomic mass is 10.1. The minimum Gasteiger partial charge on any atom is -0.508 e. The number of imide groups is 1. The highest BCUT2D eigenvalue weighted by Gasteiger charge is 2.39. The quantitative estimate of drug-likeness (QED) is 0.675. The maximum atomic E-state index is 12.6. The Balaban J connectivity index is 1.82. The van der Waals surface area contributed by atoms with Gasteiger partial charge in [-0.15, -0.1) is 0 Å². The number of aromatic hydroxyl groups is 1. The molecule has 2 N–H and O–H groups in total. The third kappa shape index (κ3) is 2.90. The van der Waals surface area contributed by atoms with Crippen LogP contribution in [0.3, 0.4) is 0 Å². The van der Waals surface area contributed by atoms with Gasteiger partial charge in [-0.2, -0.15) is 0 Å². The Labute approximate surface area is 134 Å². The summed E-state index contributed by atoms with van der Waals surface area (Å²) in [7, 11) is 0. The maximum absolute atomic E-state index is 12.6. The third-order valence-corrected chi connectivity index (χ3v) is 4.10. The Hall–Kier alpha value is -2.82. The first-order valence-electron chi connectivity index (χ1n) is 7.45. The molecular formula is C18H18N2O3. The maximum Gasteiger partial charge on any atom is 0.256 e. The van der Waals surface area contributed by atoms with E-state index in [1.165, 1.54) is 17.0 Å². The minimum absolute atomic E-state index is 0.118. The number of hydrogen-bond acceptors (Lipinski definition) is 4. The first-order chi connectivity index (χ1) is 11.0. The predicted molar refractivity (Wildman–Crippen MR) is 88.5 cm³/mol. The van der Waals surface area contributed by atoms with Crippen molar-refractivity contribution in [2.75, 3.05) is 10.2 Å². The van der Waals surface area contributed by atoms with Crippen molar-refractivity contribution in [3.05, 3.63) is 53.6 Å². The van der Waals surface area contributed by atoms with Gasteiger partial charge in [-0.3, -0.25) is 9.59 Å². The van der Waals surface area contributed by atoms with E-state index in [1.54, 1.807) is 18.2 Å². The average molecular weight is 310 g/mol. The molecule has 5 heteroatoms. The topological polar surface area (TPSA) is 69.6 Å². The zero-order valence-electron chi connectivity index (χ0n) is 13.0. The Morgan fingerprint density at radius 1 is 1.04 bits per heavy atom. The van der Waals surface area contributed by atoms with E-state index in [1.807, 2.05) is 26.0 Å². The fourth-order valence-corrected chi connectivity index (χ4v) is 2.64. The van der Waals surface area contributed by atoms with Gasteiger partial charge in [0.25, 0.3) is 5.91 Å². The van der Waals surface area contributed by atoms with Crippen molar-refractivity contribution in [2.45, 2.75) is 26.3 Å². The van der Waals surface area contributed by atoms with Gasteiger partial charge in [0.05, 0.1) is 12.1 Å². The largest absolute Gasteiger partial charge is 0.508 e. The van der Waals surface area contributed by atoms with Gasteiger partial charge in [0, 0.05) is 5.69 Å². The van der Waals surface area contributed by atoms with Crippen molar-refractivity contribution >= 4 is 23.2 Å². The van der Waals surface area contributed by atoms with Crippen LogP contribution in [-0.4, -0.2) is 23.0 Å². The van der Waals surface area contributed by atoms with Crippen molar-refractivity contribution in [3.8, 4) is 5.75 Å². The van der Waals surface area contributed by atoms with E-state index in [9.17, 15) is 14.7 Å². The molecule has 0 aliphatic carbocycles. The Bertz CT molecular complexity index is 768. The molecule has 5 nitrogen and oxygen atoms in total. The van der Waals surface area contributed by atoms with Crippen LogP contribution in [0.4, 0.5) is 11.4 Å². The zero-order valence-corrected chi connectivity index (χ0v) is 13.0. The molecular weight excluding hydrogens is 292 g/mol. The highest BCUT2D eigenvalue weighted by Crippen LogP contribution is 2.27. The van der Waals surface area contributed by atoms with Gasteiger partial charge >= 0.3 is 0 Å². The molecule has 1 fully saturated rings. The summed E-state index contributed by atoms with van der Waals surface area (Å²) in [6.45, 7) is 3.94. The standard InChI is InChI=1S/C18H18N2O3/c1-11-3-6-14(9-12(11)2)20-17(22)10-16(18(20)23)19-13-4-7-15(21)8-5-13/h3-9,16,19,21H,10H2,1-2H3. The van der Waals surface area contributed by atoms with Gasteiger partial charge in [-0.1, -0.05) is 6.07 Å². The van der Waals surface area contributed by atoms with Crippen LogP contribution in [0.2, 0.25) is 0 Å². The van der Waals surface area contributed by atoms with Crippen LogP contribution >= 0.6 is 0 Å². The molecule has 1 heterocycles. The van der Waals surface area contributed by atoms with Gasteiger partial charge in [-0.25, -0.2) is 4.90 Å². The summed E-state index contributed by atoms with van der Waals surface area (Å²) in [5.74, 6) is -0.318. The molecule has 2 amide bonds. The van der Waals surface area contributed by atoms with Crippen LogP contribution in [0, 0.1) is 13.8 Å². The smallest absolute Gasteiger partial charge is 0.256 e. The van der Waals surface area contributed by atoms with Crippen LogP contribution in [0.25, 0.3) is 0 Å². The SMILES string of the molecule is Cc1ccc(N2C(=O)CC(Nc3ccc(O)cc3)C2=O)cc1C. The summed E-state index contributed by atoms with van der Waals surface area (Å²) >= 11 is 0. The van der Waals surface area contributed by atoms with Crippen LogP contribution < -0.4 is 10.2 Å². The lowest BCUT2D eigenvalue weighted by Crippen LogP contribution is -2.34. The first kappa shape index (κ1) is 15.1. The van der Waals surface area contributed by atoms with Gasteiger partial charge in [0.15, 0.2) is 0 Å². The van der Waals surface area contributed by atoms with Crippen molar-refractivity contribution in [1.82, 2.24) is 0 Å². The molecule has 23 heavy (non-hydrogen) atoms. The van der Waals surface area contributed by atoms with Crippen molar-refractivity contribution < 1.29 is 14.7 Å². The fourth-order valence-electron chi connectivity index (χ4n) is 2.64. The number of carbonyl (C=O) groups excluding carboxylic acids is 2.